The minimum atomic E-state index is -0.629. The Kier molecular flexibility index (Phi) is 4.25. The van der Waals surface area contributed by atoms with Crippen LogP contribution in [0.5, 0.6) is 0 Å². The molecule has 0 saturated carbocycles. The van der Waals surface area contributed by atoms with E-state index in [0.29, 0.717) is 12.3 Å². The van der Waals surface area contributed by atoms with E-state index in [1.54, 1.807) is 4.40 Å². The van der Waals surface area contributed by atoms with Gasteiger partial charge in [0.05, 0.1) is 6.54 Å². The highest BCUT2D eigenvalue weighted by molar-refractivity contribution is 5.96. The van der Waals surface area contributed by atoms with Crippen molar-refractivity contribution in [3.8, 4) is 0 Å². The summed E-state index contributed by atoms with van der Waals surface area (Å²) in [6, 6.07) is 4.99. The Morgan fingerprint density at radius 3 is 2.34 bits per heavy atom. The lowest BCUT2D eigenvalue weighted by Crippen LogP contribution is -2.41. The number of carbonyl (C=O) groups is 1. The molecule has 0 aliphatic heterocycles. The minimum Gasteiger partial charge on any atom is -0.314 e. The minimum absolute atomic E-state index is 0.225. The topological polar surface area (TPSA) is 83.3 Å². The number of ketones is 1. The Balaban J connectivity index is 1.97. The molecule has 0 amide bonds. The van der Waals surface area contributed by atoms with Gasteiger partial charge in [0.1, 0.15) is 5.82 Å². The van der Waals surface area contributed by atoms with E-state index in [4.69, 9.17) is 0 Å². The van der Waals surface area contributed by atoms with E-state index >= 15 is 0 Å². The van der Waals surface area contributed by atoms with Crippen molar-refractivity contribution in [2.24, 2.45) is 7.05 Å². The molecular weight excluding hydrogens is 377 g/mol. The lowest BCUT2D eigenvalue weighted by Gasteiger charge is -2.08. The first-order valence-electron chi connectivity index (χ1n) is 9.22. The van der Waals surface area contributed by atoms with Gasteiger partial charge in [-0.1, -0.05) is 0 Å². The first-order valence-corrected chi connectivity index (χ1v) is 9.22. The van der Waals surface area contributed by atoms with Gasteiger partial charge in [0.25, 0.3) is 5.56 Å². The van der Waals surface area contributed by atoms with Gasteiger partial charge in [0, 0.05) is 30.5 Å². The third-order valence-electron chi connectivity index (χ3n) is 5.41. The predicted octanol–water partition coefficient (Wildman–Crippen LogP) is 1.81. The van der Waals surface area contributed by atoms with Crippen molar-refractivity contribution in [3.05, 3.63) is 67.9 Å². The average molecular weight is 397 g/mol. The SMILES string of the molecule is CCn1c(C)c(C)n2c3c(=O)n(CC(=O)c4ccc(F)cc4)c(=O)n(C)c3nc12. The van der Waals surface area contributed by atoms with E-state index in [0.717, 1.165) is 28.1 Å². The zero-order valence-corrected chi connectivity index (χ0v) is 16.6. The van der Waals surface area contributed by atoms with Crippen LogP contribution in [0, 0.1) is 19.7 Å². The molecule has 29 heavy (non-hydrogen) atoms. The van der Waals surface area contributed by atoms with Gasteiger partial charge >= 0.3 is 5.69 Å². The molecule has 0 bridgehead atoms. The van der Waals surface area contributed by atoms with Crippen molar-refractivity contribution >= 4 is 22.7 Å². The van der Waals surface area contributed by atoms with Gasteiger partial charge in [-0.2, -0.15) is 4.98 Å². The summed E-state index contributed by atoms with van der Waals surface area (Å²) in [5.74, 6) is -0.348. The smallest absolute Gasteiger partial charge is 0.314 e. The summed E-state index contributed by atoms with van der Waals surface area (Å²) in [7, 11) is 1.52. The highest BCUT2D eigenvalue weighted by Crippen LogP contribution is 2.20. The summed E-state index contributed by atoms with van der Waals surface area (Å²) >= 11 is 0. The Morgan fingerprint density at radius 1 is 1.07 bits per heavy atom. The molecule has 3 aromatic heterocycles. The number of rotatable bonds is 4. The second kappa shape index (κ2) is 6.54. The number of benzene rings is 1. The second-order valence-electron chi connectivity index (χ2n) is 7.00. The number of aromatic nitrogens is 5. The van der Waals surface area contributed by atoms with Gasteiger partial charge in [-0.3, -0.25) is 23.1 Å². The highest BCUT2D eigenvalue weighted by Gasteiger charge is 2.23. The Bertz CT molecular complexity index is 1400. The number of hydrogen-bond donors (Lipinski definition) is 0. The number of aryl methyl sites for hydroxylation is 3. The quantitative estimate of drug-likeness (QED) is 0.492. The van der Waals surface area contributed by atoms with Crippen LogP contribution in [0.25, 0.3) is 16.9 Å². The summed E-state index contributed by atoms with van der Waals surface area (Å²) in [6.45, 7) is 6.03. The summed E-state index contributed by atoms with van der Waals surface area (Å²) in [6.07, 6.45) is 0. The van der Waals surface area contributed by atoms with E-state index in [2.05, 4.69) is 4.98 Å². The first-order chi connectivity index (χ1) is 13.8. The van der Waals surface area contributed by atoms with Crippen LogP contribution in [0.2, 0.25) is 0 Å². The number of fused-ring (bicyclic) bond motifs is 3. The van der Waals surface area contributed by atoms with E-state index in [-0.39, 0.29) is 16.7 Å². The number of carbonyl (C=O) groups excluding carboxylic acids is 1. The van der Waals surface area contributed by atoms with Crippen molar-refractivity contribution < 1.29 is 9.18 Å². The average Bonchev–Trinajstić information content (AvgIpc) is 3.19. The zero-order chi connectivity index (χ0) is 21.0. The maximum Gasteiger partial charge on any atom is 0.332 e. The Morgan fingerprint density at radius 2 is 1.72 bits per heavy atom. The fourth-order valence-corrected chi connectivity index (χ4v) is 3.70. The van der Waals surface area contributed by atoms with E-state index in [9.17, 15) is 18.8 Å². The molecule has 8 nitrogen and oxygen atoms in total. The van der Waals surface area contributed by atoms with Crippen molar-refractivity contribution in [2.45, 2.75) is 33.9 Å². The number of halogens is 1. The molecule has 0 aliphatic carbocycles. The fourth-order valence-electron chi connectivity index (χ4n) is 3.70. The van der Waals surface area contributed by atoms with Gasteiger partial charge in [-0.05, 0) is 45.0 Å². The maximum absolute atomic E-state index is 13.2. The van der Waals surface area contributed by atoms with Crippen LogP contribution >= 0.6 is 0 Å². The molecule has 0 saturated heterocycles. The Labute approximate surface area is 164 Å². The van der Waals surface area contributed by atoms with Gasteiger partial charge in [-0.15, -0.1) is 0 Å². The predicted molar refractivity (Wildman–Crippen MR) is 106 cm³/mol. The maximum atomic E-state index is 13.2. The van der Waals surface area contributed by atoms with E-state index in [1.807, 2.05) is 25.3 Å². The molecule has 0 spiro atoms. The molecule has 0 N–H and O–H groups in total. The lowest BCUT2D eigenvalue weighted by atomic mass is 10.1. The van der Waals surface area contributed by atoms with E-state index < -0.39 is 29.4 Å². The molecule has 0 aliphatic rings. The second-order valence-corrected chi connectivity index (χ2v) is 7.00. The van der Waals surface area contributed by atoms with E-state index in [1.165, 1.54) is 23.7 Å². The molecule has 0 fully saturated rings. The number of hydrogen-bond acceptors (Lipinski definition) is 4. The van der Waals surface area contributed by atoms with Gasteiger partial charge in [0.15, 0.2) is 16.9 Å². The highest BCUT2D eigenvalue weighted by atomic mass is 19.1. The molecule has 9 heteroatoms. The molecule has 0 unspecified atom stereocenters. The first kappa shape index (κ1) is 18.9. The van der Waals surface area contributed by atoms with Crippen molar-refractivity contribution in [1.29, 1.82) is 0 Å². The molecule has 150 valence electrons. The zero-order valence-electron chi connectivity index (χ0n) is 16.6. The number of nitrogens with zero attached hydrogens (tertiary/aromatic N) is 5. The van der Waals surface area contributed by atoms with Crippen molar-refractivity contribution in [3.63, 3.8) is 0 Å². The molecule has 0 radical (unpaired) electrons. The van der Waals surface area contributed by atoms with Crippen LogP contribution in [0.3, 0.4) is 0 Å². The normalized spacial score (nSPS) is 11.6. The number of imidazole rings is 2. The molecule has 4 rings (SSSR count). The van der Waals surface area contributed by atoms with Crippen LogP contribution in [0.4, 0.5) is 4.39 Å². The van der Waals surface area contributed by atoms with Gasteiger partial charge < -0.3 is 4.57 Å². The Hall–Kier alpha value is -3.49. The molecule has 4 aromatic rings. The summed E-state index contributed by atoms with van der Waals surface area (Å²) in [5.41, 5.74) is 1.35. The van der Waals surface area contributed by atoms with Crippen LogP contribution in [0.1, 0.15) is 28.7 Å². The summed E-state index contributed by atoms with van der Waals surface area (Å²) < 4.78 is 19.0. The molecule has 0 atom stereocenters. The number of Topliss-reactive ketones (excluding diaryl/α,β-unsaturated/α-hetero) is 1. The third kappa shape index (κ3) is 2.65. The van der Waals surface area contributed by atoms with Crippen LogP contribution in [0.15, 0.2) is 33.9 Å². The van der Waals surface area contributed by atoms with Gasteiger partial charge in [0.2, 0.25) is 5.78 Å². The largest absolute Gasteiger partial charge is 0.332 e. The van der Waals surface area contributed by atoms with Crippen LogP contribution < -0.4 is 11.2 Å². The summed E-state index contributed by atoms with van der Waals surface area (Å²) in [5, 5.41) is 0. The molecular formula is C20H20FN5O3. The van der Waals surface area contributed by atoms with Crippen molar-refractivity contribution in [1.82, 2.24) is 23.1 Å². The molecule has 1 aromatic carbocycles. The lowest BCUT2D eigenvalue weighted by molar-refractivity contribution is 0.0969. The standard InChI is InChI=1S/C20H20FN5O3/c1-5-24-11(2)12(3)26-16-17(22-19(24)26)23(4)20(29)25(18(16)28)10-15(27)13-6-8-14(21)9-7-13/h6-9H,5,10H2,1-4H3. The monoisotopic (exact) mass is 397 g/mol. The van der Waals surface area contributed by atoms with Gasteiger partial charge in [-0.25, -0.2) is 9.18 Å². The third-order valence-corrected chi connectivity index (χ3v) is 5.41. The molecule has 3 heterocycles. The fraction of sp³-hybridized carbons (Fsp3) is 0.300. The van der Waals surface area contributed by atoms with Crippen molar-refractivity contribution in [2.75, 3.05) is 0 Å². The summed E-state index contributed by atoms with van der Waals surface area (Å²) in [4.78, 5) is 43.1. The van der Waals surface area contributed by atoms with Crippen LogP contribution in [-0.2, 0) is 20.1 Å². The van der Waals surface area contributed by atoms with Crippen LogP contribution in [-0.4, -0.2) is 28.9 Å².